The highest BCUT2D eigenvalue weighted by Crippen LogP contribution is 2.44. The van der Waals surface area contributed by atoms with Gasteiger partial charge in [-0.15, -0.1) is 0 Å². The van der Waals surface area contributed by atoms with Gasteiger partial charge in [-0.05, 0) is 25.2 Å². The molecule has 0 spiro atoms. The van der Waals surface area contributed by atoms with Crippen LogP contribution in [0.15, 0.2) is 12.1 Å². The summed E-state index contributed by atoms with van der Waals surface area (Å²) in [4.78, 5) is 2.44. The third-order valence-corrected chi connectivity index (χ3v) is 4.25. The summed E-state index contributed by atoms with van der Waals surface area (Å²) < 4.78 is 10.6. The van der Waals surface area contributed by atoms with E-state index in [-0.39, 0.29) is 0 Å². The molecule has 0 aromatic heterocycles. The Labute approximate surface area is 108 Å². The number of methoxy groups -OCH3 is 2. The molecule has 1 saturated heterocycles. The molecule has 2 fully saturated rings. The lowest BCUT2D eigenvalue weighted by Gasteiger charge is -2.30. The van der Waals surface area contributed by atoms with Gasteiger partial charge in [0.25, 0.3) is 0 Å². The number of nitrogens with zero attached hydrogens (tertiary/aromatic N) is 1. The topological polar surface area (TPSA) is 47.7 Å². The van der Waals surface area contributed by atoms with E-state index in [1.54, 1.807) is 14.2 Å². The second-order valence-electron chi connectivity index (χ2n) is 5.25. The maximum atomic E-state index is 6.15. The summed E-state index contributed by atoms with van der Waals surface area (Å²) in [5.74, 6) is 2.30. The minimum Gasteiger partial charge on any atom is -0.493 e. The first kappa shape index (κ1) is 11.5. The van der Waals surface area contributed by atoms with Crippen molar-refractivity contribution in [2.24, 2.45) is 5.92 Å². The Balaban J connectivity index is 1.96. The Hall–Kier alpha value is -1.58. The van der Waals surface area contributed by atoms with Crippen molar-refractivity contribution >= 4 is 11.4 Å². The van der Waals surface area contributed by atoms with Crippen LogP contribution in [-0.4, -0.2) is 26.8 Å². The van der Waals surface area contributed by atoms with Crippen LogP contribution in [0, 0.1) is 5.92 Å². The fourth-order valence-corrected chi connectivity index (χ4v) is 3.35. The second-order valence-corrected chi connectivity index (χ2v) is 5.25. The van der Waals surface area contributed by atoms with Crippen molar-refractivity contribution in [2.45, 2.75) is 25.3 Å². The summed E-state index contributed by atoms with van der Waals surface area (Å²) in [5, 5.41) is 0. The van der Waals surface area contributed by atoms with Crippen LogP contribution in [0.3, 0.4) is 0 Å². The van der Waals surface area contributed by atoms with Crippen molar-refractivity contribution in [2.75, 3.05) is 31.4 Å². The molecule has 18 heavy (non-hydrogen) atoms. The lowest BCUT2D eigenvalue weighted by Crippen LogP contribution is -2.32. The SMILES string of the molecule is COc1cc(N)c(N2CC3CCC2C3)cc1OC. The van der Waals surface area contributed by atoms with E-state index >= 15 is 0 Å². The monoisotopic (exact) mass is 248 g/mol. The van der Waals surface area contributed by atoms with E-state index in [1.165, 1.54) is 19.3 Å². The van der Waals surface area contributed by atoms with E-state index in [0.717, 1.165) is 29.6 Å². The molecule has 2 atom stereocenters. The average Bonchev–Trinajstić information content (AvgIpc) is 3.00. The van der Waals surface area contributed by atoms with E-state index in [0.29, 0.717) is 11.8 Å². The summed E-state index contributed by atoms with van der Waals surface area (Å²) in [5.41, 5.74) is 8.03. The van der Waals surface area contributed by atoms with Crippen molar-refractivity contribution in [3.63, 3.8) is 0 Å². The van der Waals surface area contributed by atoms with Crippen LogP contribution < -0.4 is 20.1 Å². The van der Waals surface area contributed by atoms with Crippen molar-refractivity contribution in [3.8, 4) is 11.5 Å². The predicted molar refractivity (Wildman–Crippen MR) is 72.4 cm³/mol. The number of nitrogens with two attached hydrogens (primary N) is 1. The van der Waals surface area contributed by atoms with Gasteiger partial charge >= 0.3 is 0 Å². The van der Waals surface area contributed by atoms with Gasteiger partial charge in [0, 0.05) is 24.7 Å². The first-order chi connectivity index (χ1) is 8.72. The van der Waals surface area contributed by atoms with Gasteiger partial charge in [0.1, 0.15) is 0 Å². The molecule has 4 nitrogen and oxygen atoms in total. The minimum absolute atomic E-state index is 0.662. The first-order valence-electron chi connectivity index (χ1n) is 6.51. The molecule has 2 unspecified atom stereocenters. The molecule has 1 saturated carbocycles. The molecule has 4 heteroatoms. The molecule has 2 bridgehead atoms. The number of fused-ring (bicyclic) bond motifs is 2. The molecule has 0 amide bonds. The Morgan fingerprint density at radius 1 is 1.17 bits per heavy atom. The number of hydrogen-bond acceptors (Lipinski definition) is 4. The van der Waals surface area contributed by atoms with Crippen LogP contribution in [0.2, 0.25) is 0 Å². The zero-order valence-electron chi connectivity index (χ0n) is 11.0. The second kappa shape index (κ2) is 4.26. The number of piperidine rings is 1. The lowest BCUT2D eigenvalue weighted by molar-refractivity contribution is 0.355. The van der Waals surface area contributed by atoms with Crippen LogP contribution in [-0.2, 0) is 0 Å². The molecule has 1 aliphatic carbocycles. The Kier molecular flexibility index (Phi) is 2.73. The van der Waals surface area contributed by atoms with Crippen molar-refractivity contribution in [1.29, 1.82) is 0 Å². The number of anilines is 2. The van der Waals surface area contributed by atoms with E-state index in [1.807, 2.05) is 12.1 Å². The lowest BCUT2D eigenvalue weighted by atomic mass is 10.1. The maximum Gasteiger partial charge on any atom is 0.162 e. The van der Waals surface area contributed by atoms with Crippen LogP contribution >= 0.6 is 0 Å². The van der Waals surface area contributed by atoms with Crippen LogP contribution in [0.4, 0.5) is 11.4 Å². The zero-order valence-corrected chi connectivity index (χ0v) is 11.0. The fraction of sp³-hybridized carbons (Fsp3) is 0.571. The van der Waals surface area contributed by atoms with Crippen molar-refractivity contribution < 1.29 is 9.47 Å². The molecule has 98 valence electrons. The molecule has 2 aliphatic rings. The van der Waals surface area contributed by atoms with E-state index in [4.69, 9.17) is 15.2 Å². The maximum absolute atomic E-state index is 6.15. The highest BCUT2D eigenvalue weighted by atomic mass is 16.5. The van der Waals surface area contributed by atoms with Gasteiger partial charge in [-0.3, -0.25) is 0 Å². The van der Waals surface area contributed by atoms with E-state index < -0.39 is 0 Å². The van der Waals surface area contributed by atoms with Gasteiger partial charge < -0.3 is 20.1 Å². The van der Waals surface area contributed by atoms with Gasteiger partial charge in [0.2, 0.25) is 0 Å². The molecule has 1 aromatic rings. The summed E-state index contributed by atoms with van der Waals surface area (Å²) >= 11 is 0. The summed E-state index contributed by atoms with van der Waals surface area (Å²) in [6.45, 7) is 1.13. The third-order valence-electron chi connectivity index (χ3n) is 4.25. The smallest absolute Gasteiger partial charge is 0.162 e. The molecule has 1 aromatic carbocycles. The largest absolute Gasteiger partial charge is 0.493 e. The summed E-state index contributed by atoms with van der Waals surface area (Å²) in [7, 11) is 3.29. The molecular weight excluding hydrogens is 228 g/mol. The van der Waals surface area contributed by atoms with Gasteiger partial charge in [-0.1, -0.05) is 0 Å². The van der Waals surface area contributed by atoms with Gasteiger partial charge in [-0.25, -0.2) is 0 Å². The molecule has 0 radical (unpaired) electrons. The van der Waals surface area contributed by atoms with Crippen LogP contribution in [0.5, 0.6) is 11.5 Å². The standard InChI is InChI=1S/C14H20N2O2/c1-17-13-6-11(15)12(7-14(13)18-2)16-8-9-3-4-10(16)5-9/h6-7,9-10H,3-5,8,15H2,1-2H3. The quantitative estimate of drug-likeness (QED) is 0.834. The number of ether oxygens (including phenoxy) is 2. The molecule has 2 N–H and O–H groups in total. The average molecular weight is 248 g/mol. The first-order valence-corrected chi connectivity index (χ1v) is 6.51. The minimum atomic E-state index is 0.662. The molecule has 1 aliphatic heterocycles. The predicted octanol–water partition coefficient (Wildman–Crippen LogP) is 2.27. The van der Waals surface area contributed by atoms with Crippen molar-refractivity contribution in [1.82, 2.24) is 0 Å². The number of hydrogen-bond donors (Lipinski definition) is 1. The Morgan fingerprint density at radius 2 is 1.89 bits per heavy atom. The normalized spacial score (nSPS) is 25.6. The van der Waals surface area contributed by atoms with Crippen LogP contribution in [0.1, 0.15) is 19.3 Å². The number of rotatable bonds is 3. The number of benzene rings is 1. The van der Waals surface area contributed by atoms with Gasteiger partial charge in [-0.2, -0.15) is 0 Å². The Morgan fingerprint density at radius 3 is 2.44 bits per heavy atom. The van der Waals surface area contributed by atoms with Crippen LogP contribution in [0.25, 0.3) is 0 Å². The highest BCUT2D eigenvalue weighted by molar-refractivity contribution is 5.74. The fourth-order valence-electron chi connectivity index (χ4n) is 3.35. The molecule has 3 rings (SSSR count). The summed E-state index contributed by atoms with van der Waals surface area (Å²) in [6, 6.07) is 4.53. The zero-order chi connectivity index (χ0) is 12.7. The van der Waals surface area contributed by atoms with Crippen molar-refractivity contribution in [3.05, 3.63) is 12.1 Å². The summed E-state index contributed by atoms with van der Waals surface area (Å²) in [6.07, 6.45) is 3.97. The van der Waals surface area contributed by atoms with E-state index in [9.17, 15) is 0 Å². The number of nitrogen functional groups attached to an aromatic ring is 1. The molecule has 1 heterocycles. The van der Waals surface area contributed by atoms with Gasteiger partial charge in [0.05, 0.1) is 25.6 Å². The third kappa shape index (κ3) is 1.67. The Bertz CT molecular complexity index is 461. The highest BCUT2D eigenvalue weighted by Gasteiger charge is 2.38. The molecular formula is C14H20N2O2. The van der Waals surface area contributed by atoms with E-state index in [2.05, 4.69) is 4.90 Å². The van der Waals surface area contributed by atoms with Gasteiger partial charge in [0.15, 0.2) is 11.5 Å².